The fourth-order valence-electron chi connectivity index (χ4n) is 3.12. The van der Waals surface area contributed by atoms with Crippen molar-refractivity contribution >= 4 is 11.6 Å². The third kappa shape index (κ3) is 4.49. The fourth-order valence-corrected chi connectivity index (χ4v) is 3.51. The standard InChI is InChI=1S/C18H28ClN/c1-2-3-4-5-6-7-10-13-20-18-16-12-9-8-11-15(16)14-17(18)19/h8-9,11-12,17-18,20H,2-7,10,13-14H2,1H3. The van der Waals surface area contributed by atoms with E-state index in [1.54, 1.807) is 0 Å². The van der Waals surface area contributed by atoms with Gasteiger partial charge in [0, 0.05) is 6.04 Å². The molecule has 0 saturated heterocycles. The van der Waals surface area contributed by atoms with Gasteiger partial charge in [-0.3, -0.25) is 0 Å². The highest BCUT2D eigenvalue weighted by atomic mass is 35.5. The maximum atomic E-state index is 6.48. The zero-order valence-electron chi connectivity index (χ0n) is 12.7. The molecule has 0 fully saturated rings. The van der Waals surface area contributed by atoms with Gasteiger partial charge in [0.25, 0.3) is 0 Å². The second-order valence-electron chi connectivity index (χ2n) is 5.97. The number of nitrogens with one attached hydrogen (secondary N) is 1. The van der Waals surface area contributed by atoms with E-state index in [-0.39, 0.29) is 5.38 Å². The number of halogens is 1. The number of hydrogen-bond donors (Lipinski definition) is 1. The average molecular weight is 294 g/mol. The lowest BCUT2D eigenvalue weighted by Gasteiger charge is -2.17. The second-order valence-corrected chi connectivity index (χ2v) is 6.53. The molecule has 112 valence electrons. The van der Waals surface area contributed by atoms with Gasteiger partial charge in [-0.1, -0.05) is 69.7 Å². The first-order valence-electron chi connectivity index (χ1n) is 8.28. The summed E-state index contributed by atoms with van der Waals surface area (Å²) in [5, 5.41) is 3.88. The first-order chi connectivity index (χ1) is 9.83. The maximum Gasteiger partial charge on any atom is 0.0571 e. The smallest absolute Gasteiger partial charge is 0.0571 e. The lowest BCUT2D eigenvalue weighted by Crippen LogP contribution is -2.26. The Morgan fingerprint density at radius 1 is 1.05 bits per heavy atom. The molecule has 0 aliphatic heterocycles. The SMILES string of the molecule is CCCCCCCCCNC1c2ccccc2CC1Cl. The third-order valence-electron chi connectivity index (χ3n) is 4.31. The topological polar surface area (TPSA) is 12.0 Å². The Bertz CT molecular complexity index is 391. The van der Waals surface area contributed by atoms with Crippen molar-refractivity contribution in [2.45, 2.75) is 69.7 Å². The van der Waals surface area contributed by atoms with E-state index in [2.05, 4.69) is 36.5 Å². The van der Waals surface area contributed by atoms with Crippen molar-refractivity contribution in [3.05, 3.63) is 35.4 Å². The molecular weight excluding hydrogens is 266 g/mol. The highest BCUT2D eigenvalue weighted by molar-refractivity contribution is 6.21. The average Bonchev–Trinajstić information content (AvgIpc) is 2.78. The maximum absolute atomic E-state index is 6.48. The molecule has 1 aromatic rings. The van der Waals surface area contributed by atoms with E-state index in [4.69, 9.17) is 11.6 Å². The van der Waals surface area contributed by atoms with E-state index in [0.29, 0.717) is 6.04 Å². The summed E-state index contributed by atoms with van der Waals surface area (Å²) in [6, 6.07) is 9.02. The van der Waals surface area contributed by atoms with E-state index < -0.39 is 0 Å². The number of hydrogen-bond acceptors (Lipinski definition) is 1. The molecule has 2 unspecified atom stereocenters. The highest BCUT2D eigenvalue weighted by Crippen LogP contribution is 2.34. The van der Waals surface area contributed by atoms with Crippen LogP contribution in [-0.4, -0.2) is 11.9 Å². The molecule has 0 saturated carbocycles. The van der Waals surface area contributed by atoms with Gasteiger partial charge in [-0.2, -0.15) is 0 Å². The molecule has 20 heavy (non-hydrogen) atoms. The van der Waals surface area contributed by atoms with Crippen molar-refractivity contribution in [1.29, 1.82) is 0 Å². The van der Waals surface area contributed by atoms with Crippen LogP contribution in [-0.2, 0) is 6.42 Å². The van der Waals surface area contributed by atoms with Gasteiger partial charge in [0.15, 0.2) is 0 Å². The van der Waals surface area contributed by atoms with Crippen molar-refractivity contribution in [2.75, 3.05) is 6.54 Å². The molecule has 1 N–H and O–H groups in total. The minimum absolute atomic E-state index is 0.219. The molecule has 0 bridgehead atoms. The summed E-state index contributed by atoms with van der Waals surface area (Å²) in [5.74, 6) is 0. The quantitative estimate of drug-likeness (QED) is 0.485. The van der Waals surface area contributed by atoms with E-state index in [0.717, 1.165) is 13.0 Å². The van der Waals surface area contributed by atoms with Gasteiger partial charge < -0.3 is 5.32 Å². The number of alkyl halides is 1. The lowest BCUT2D eigenvalue weighted by molar-refractivity contribution is 0.503. The summed E-state index contributed by atoms with van der Waals surface area (Å²) in [4.78, 5) is 0. The number of unbranched alkanes of at least 4 members (excludes halogenated alkanes) is 6. The van der Waals surface area contributed by atoms with Crippen LogP contribution in [0.3, 0.4) is 0 Å². The van der Waals surface area contributed by atoms with Crippen LogP contribution in [0, 0.1) is 0 Å². The van der Waals surface area contributed by atoms with Gasteiger partial charge in [0.05, 0.1) is 5.38 Å². The summed E-state index contributed by atoms with van der Waals surface area (Å²) in [5.41, 5.74) is 2.83. The summed E-state index contributed by atoms with van der Waals surface area (Å²) >= 11 is 6.48. The second kappa shape index (κ2) is 8.69. The van der Waals surface area contributed by atoms with E-state index in [9.17, 15) is 0 Å². The fraction of sp³-hybridized carbons (Fsp3) is 0.667. The molecule has 2 atom stereocenters. The molecular formula is C18H28ClN. The van der Waals surface area contributed by atoms with Gasteiger partial charge in [-0.25, -0.2) is 0 Å². The lowest BCUT2D eigenvalue weighted by atomic mass is 10.1. The van der Waals surface area contributed by atoms with E-state index in [1.165, 1.54) is 56.1 Å². The normalized spacial score (nSPS) is 21.1. The zero-order valence-corrected chi connectivity index (χ0v) is 13.5. The van der Waals surface area contributed by atoms with Gasteiger partial charge in [0.1, 0.15) is 0 Å². The van der Waals surface area contributed by atoms with Gasteiger partial charge >= 0.3 is 0 Å². The molecule has 2 rings (SSSR count). The first-order valence-corrected chi connectivity index (χ1v) is 8.72. The van der Waals surface area contributed by atoms with Crippen LogP contribution >= 0.6 is 11.6 Å². The predicted octanol–water partition coefficient (Wildman–Crippen LogP) is 5.23. The summed E-state index contributed by atoms with van der Waals surface area (Å²) in [7, 11) is 0. The van der Waals surface area contributed by atoms with Crippen LogP contribution in [0.2, 0.25) is 0 Å². The summed E-state index contributed by atoms with van der Waals surface area (Å²) < 4.78 is 0. The molecule has 1 nitrogen and oxygen atoms in total. The largest absolute Gasteiger partial charge is 0.309 e. The molecule has 2 heteroatoms. The molecule has 0 aromatic heterocycles. The Labute approximate surface area is 129 Å². The van der Waals surface area contributed by atoms with E-state index in [1.807, 2.05) is 0 Å². The molecule has 1 aliphatic carbocycles. The van der Waals surface area contributed by atoms with Crippen LogP contribution in [0.4, 0.5) is 0 Å². The number of fused-ring (bicyclic) bond motifs is 1. The van der Waals surface area contributed by atoms with Crippen molar-refractivity contribution in [1.82, 2.24) is 5.32 Å². The van der Waals surface area contributed by atoms with Crippen LogP contribution in [0.1, 0.15) is 69.0 Å². The Kier molecular flexibility index (Phi) is 6.89. The van der Waals surface area contributed by atoms with E-state index >= 15 is 0 Å². The Morgan fingerprint density at radius 2 is 1.75 bits per heavy atom. The van der Waals surface area contributed by atoms with Crippen molar-refractivity contribution < 1.29 is 0 Å². The minimum atomic E-state index is 0.219. The van der Waals surface area contributed by atoms with Crippen molar-refractivity contribution in [3.63, 3.8) is 0 Å². The number of benzene rings is 1. The Morgan fingerprint density at radius 3 is 2.55 bits per heavy atom. The monoisotopic (exact) mass is 293 g/mol. The first kappa shape index (κ1) is 15.9. The van der Waals surface area contributed by atoms with Crippen molar-refractivity contribution in [3.8, 4) is 0 Å². The molecule has 0 radical (unpaired) electrons. The molecule has 0 amide bonds. The van der Waals surface area contributed by atoms with Crippen LogP contribution in [0.5, 0.6) is 0 Å². The van der Waals surface area contributed by atoms with Gasteiger partial charge in [-0.05, 0) is 30.5 Å². The number of rotatable bonds is 9. The molecule has 1 aliphatic rings. The predicted molar refractivity (Wildman–Crippen MR) is 88.5 cm³/mol. The molecule has 0 heterocycles. The summed E-state index contributed by atoms with van der Waals surface area (Å²) in [6.45, 7) is 3.36. The minimum Gasteiger partial charge on any atom is -0.309 e. The van der Waals surface area contributed by atoms with Gasteiger partial charge in [0.2, 0.25) is 0 Å². The Hall–Kier alpha value is -0.530. The molecule has 0 spiro atoms. The molecule has 1 aromatic carbocycles. The summed E-state index contributed by atoms with van der Waals surface area (Å²) in [6.07, 6.45) is 10.5. The highest BCUT2D eigenvalue weighted by Gasteiger charge is 2.29. The van der Waals surface area contributed by atoms with Gasteiger partial charge in [-0.15, -0.1) is 11.6 Å². The van der Waals surface area contributed by atoms with Crippen molar-refractivity contribution in [2.24, 2.45) is 0 Å². The van der Waals surface area contributed by atoms with Crippen LogP contribution in [0.15, 0.2) is 24.3 Å². The third-order valence-corrected chi connectivity index (χ3v) is 4.72. The van der Waals surface area contributed by atoms with Crippen LogP contribution in [0.25, 0.3) is 0 Å². The Balaban J connectivity index is 1.62. The van der Waals surface area contributed by atoms with Crippen LogP contribution < -0.4 is 5.32 Å². The zero-order chi connectivity index (χ0) is 14.2.